The van der Waals surface area contributed by atoms with E-state index in [1.807, 2.05) is 0 Å². The third-order valence-corrected chi connectivity index (χ3v) is 4.34. The summed E-state index contributed by atoms with van der Waals surface area (Å²) < 4.78 is 5.14. The van der Waals surface area contributed by atoms with Gasteiger partial charge in [-0.25, -0.2) is 4.90 Å². The smallest absolute Gasteiger partial charge is 0.284 e. The first-order valence-electron chi connectivity index (χ1n) is 8.48. The molecular weight excluding hydrogens is 358 g/mol. The Kier molecular flexibility index (Phi) is 4.33. The summed E-state index contributed by atoms with van der Waals surface area (Å²) in [5.74, 6) is -0.723. The minimum Gasteiger partial charge on any atom is -0.497 e. The second-order valence-electron chi connectivity index (χ2n) is 6.08. The van der Waals surface area contributed by atoms with Crippen molar-refractivity contribution < 1.29 is 19.1 Å². The zero-order valence-electron chi connectivity index (χ0n) is 14.9. The molecule has 0 saturated carbocycles. The zero-order chi connectivity index (χ0) is 19.7. The Morgan fingerprint density at radius 1 is 1.00 bits per heavy atom. The topological polar surface area (TPSA) is 88.6 Å². The van der Waals surface area contributed by atoms with Gasteiger partial charge in [0.1, 0.15) is 11.4 Å². The van der Waals surface area contributed by atoms with Crippen molar-refractivity contribution in [3.63, 3.8) is 0 Å². The van der Waals surface area contributed by atoms with E-state index in [4.69, 9.17) is 4.74 Å². The van der Waals surface area contributed by atoms with Crippen LogP contribution in [0.25, 0.3) is 0 Å². The summed E-state index contributed by atoms with van der Waals surface area (Å²) in [5, 5.41) is 2.77. The van der Waals surface area contributed by atoms with E-state index >= 15 is 0 Å². The van der Waals surface area contributed by atoms with Crippen LogP contribution in [-0.2, 0) is 0 Å². The average Bonchev–Trinajstić information content (AvgIpc) is 2.99. The third kappa shape index (κ3) is 2.99. The molecule has 7 nitrogen and oxygen atoms in total. The molecule has 1 aromatic heterocycles. The van der Waals surface area contributed by atoms with E-state index in [1.165, 1.54) is 12.3 Å². The van der Waals surface area contributed by atoms with E-state index in [0.29, 0.717) is 22.7 Å². The van der Waals surface area contributed by atoms with Gasteiger partial charge in [-0.05, 0) is 42.5 Å². The van der Waals surface area contributed by atoms with Gasteiger partial charge < -0.3 is 10.1 Å². The van der Waals surface area contributed by atoms with Gasteiger partial charge in [-0.2, -0.15) is 0 Å². The highest BCUT2D eigenvalue weighted by atomic mass is 16.5. The van der Waals surface area contributed by atoms with Gasteiger partial charge in [0, 0.05) is 23.5 Å². The number of methoxy groups -OCH3 is 1. The Labute approximate surface area is 160 Å². The van der Waals surface area contributed by atoms with Crippen LogP contribution in [0.4, 0.5) is 11.4 Å². The molecule has 0 spiro atoms. The van der Waals surface area contributed by atoms with Gasteiger partial charge in [0.15, 0.2) is 0 Å². The lowest BCUT2D eigenvalue weighted by Crippen LogP contribution is -2.29. The Morgan fingerprint density at radius 3 is 2.61 bits per heavy atom. The van der Waals surface area contributed by atoms with E-state index in [2.05, 4.69) is 10.3 Å². The summed E-state index contributed by atoms with van der Waals surface area (Å²) in [6, 6.07) is 16.4. The standard InChI is InChI=1S/C21H15N3O4/c1-28-16-8-3-6-14(12-16)23-19(25)13-5-2-7-15(11-13)24-20(26)17-9-4-10-22-18(17)21(24)27/h2-12H,1H3,(H,23,25). The highest BCUT2D eigenvalue weighted by Gasteiger charge is 2.37. The maximum absolute atomic E-state index is 12.6. The lowest BCUT2D eigenvalue weighted by molar-refractivity contribution is 0.0922. The second kappa shape index (κ2) is 6.96. The number of hydrogen-bond donors (Lipinski definition) is 1. The molecule has 0 bridgehead atoms. The number of imide groups is 1. The molecule has 1 aliphatic heterocycles. The molecular formula is C21H15N3O4. The minimum atomic E-state index is -0.508. The molecule has 3 amide bonds. The molecule has 2 heterocycles. The van der Waals surface area contributed by atoms with Gasteiger partial charge in [-0.15, -0.1) is 0 Å². The van der Waals surface area contributed by atoms with Gasteiger partial charge in [-0.1, -0.05) is 12.1 Å². The molecule has 0 atom stereocenters. The van der Waals surface area contributed by atoms with Crippen LogP contribution < -0.4 is 15.0 Å². The Hall–Kier alpha value is -4.00. The van der Waals surface area contributed by atoms with Gasteiger partial charge >= 0.3 is 0 Å². The molecule has 0 fully saturated rings. The first-order valence-corrected chi connectivity index (χ1v) is 8.48. The molecule has 0 radical (unpaired) electrons. The predicted molar refractivity (Wildman–Crippen MR) is 103 cm³/mol. The van der Waals surface area contributed by atoms with Crippen molar-refractivity contribution in [2.75, 3.05) is 17.3 Å². The monoisotopic (exact) mass is 373 g/mol. The number of benzene rings is 2. The first kappa shape index (κ1) is 17.4. The number of nitrogens with one attached hydrogen (secondary N) is 1. The Balaban J connectivity index is 1.61. The summed E-state index contributed by atoms with van der Waals surface area (Å²) in [6.45, 7) is 0. The van der Waals surface area contributed by atoms with Crippen molar-refractivity contribution in [2.24, 2.45) is 0 Å². The van der Waals surface area contributed by atoms with E-state index in [0.717, 1.165) is 4.90 Å². The lowest BCUT2D eigenvalue weighted by Gasteiger charge is -2.15. The molecule has 28 heavy (non-hydrogen) atoms. The maximum Gasteiger partial charge on any atom is 0.284 e. The maximum atomic E-state index is 12.6. The molecule has 2 aromatic carbocycles. The third-order valence-electron chi connectivity index (χ3n) is 4.34. The number of carbonyl (C=O) groups is 3. The number of fused-ring (bicyclic) bond motifs is 1. The van der Waals surface area contributed by atoms with Crippen LogP contribution in [0, 0.1) is 0 Å². The quantitative estimate of drug-likeness (QED) is 0.710. The van der Waals surface area contributed by atoms with Crippen molar-refractivity contribution in [3.05, 3.63) is 83.7 Å². The Morgan fingerprint density at radius 2 is 1.82 bits per heavy atom. The predicted octanol–water partition coefficient (Wildman–Crippen LogP) is 3.14. The van der Waals surface area contributed by atoms with E-state index in [9.17, 15) is 14.4 Å². The second-order valence-corrected chi connectivity index (χ2v) is 6.08. The molecule has 1 aliphatic rings. The van der Waals surface area contributed by atoms with Crippen LogP contribution >= 0.6 is 0 Å². The van der Waals surface area contributed by atoms with Crippen molar-refractivity contribution in [3.8, 4) is 5.75 Å². The minimum absolute atomic E-state index is 0.110. The van der Waals surface area contributed by atoms with Crippen LogP contribution in [0.2, 0.25) is 0 Å². The average molecular weight is 373 g/mol. The van der Waals surface area contributed by atoms with Crippen molar-refractivity contribution in [1.29, 1.82) is 0 Å². The number of amides is 3. The van der Waals surface area contributed by atoms with Crippen LogP contribution in [0.15, 0.2) is 66.9 Å². The normalized spacial score (nSPS) is 12.7. The number of pyridine rings is 1. The fraction of sp³-hybridized carbons (Fsp3) is 0.0476. The fourth-order valence-corrected chi connectivity index (χ4v) is 2.99. The number of aromatic nitrogens is 1. The molecule has 1 N–H and O–H groups in total. The summed E-state index contributed by atoms with van der Waals surface area (Å²) in [4.78, 5) is 42.8. The number of hydrogen-bond acceptors (Lipinski definition) is 5. The van der Waals surface area contributed by atoms with Crippen LogP contribution in [0.1, 0.15) is 31.2 Å². The van der Waals surface area contributed by atoms with Gasteiger partial charge in [-0.3, -0.25) is 19.4 Å². The molecule has 138 valence electrons. The number of ether oxygens (including phenoxy) is 1. The number of anilines is 2. The number of rotatable bonds is 4. The lowest BCUT2D eigenvalue weighted by atomic mass is 10.1. The van der Waals surface area contributed by atoms with Crippen molar-refractivity contribution in [1.82, 2.24) is 4.98 Å². The summed E-state index contributed by atoms with van der Waals surface area (Å²) in [7, 11) is 1.54. The molecule has 0 aliphatic carbocycles. The fourth-order valence-electron chi connectivity index (χ4n) is 2.99. The van der Waals surface area contributed by atoms with Crippen LogP contribution in [-0.4, -0.2) is 29.8 Å². The van der Waals surface area contributed by atoms with Gasteiger partial charge in [0.2, 0.25) is 0 Å². The Bertz CT molecular complexity index is 1080. The zero-order valence-corrected chi connectivity index (χ0v) is 14.9. The molecule has 0 unspecified atom stereocenters. The summed E-state index contributed by atoms with van der Waals surface area (Å²) >= 11 is 0. The molecule has 3 aromatic rings. The molecule has 4 rings (SSSR count). The number of nitrogens with zero attached hydrogens (tertiary/aromatic N) is 2. The number of carbonyl (C=O) groups excluding carboxylic acids is 3. The molecule has 0 saturated heterocycles. The van der Waals surface area contributed by atoms with Crippen LogP contribution in [0.5, 0.6) is 5.75 Å². The van der Waals surface area contributed by atoms with E-state index < -0.39 is 11.8 Å². The SMILES string of the molecule is COc1cccc(NC(=O)c2cccc(N3C(=O)c4cccnc4C3=O)c2)c1. The largest absolute Gasteiger partial charge is 0.497 e. The van der Waals surface area contributed by atoms with Crippen molar-refractivity contribution in [2.45, 2.75) is 0 Å². The summed E-state index contributed by atoms with van der Waals surface area (Å²) in [6.07, 6.45) is 1.46. The van der Waals surface area contributed by atoms with E-state index in [-0.39, 0.29) is 17.2 Å². The van der Waals surface area contributed by atoms with Gasteiger partial charge in [0.25, 0.3) is 17.7 Å². The molecule has 7 heteroatoms. The highest BCUT2D eigenvalue weighted by molar-refractivity contribution is 6.33. The highest BCUT2D eigenvalue weighted by Crippen LogP contribution is 2.28. The van der Waals surface area contributed by atoms with Crippen LogP contribution in [0.3, 0.4) is 0 Å². The summed E-state index contributed by atoms with van der Waals surface area (Å²) in [5.41, 5.74) is 1.55. The van der Waals surface area contributed by atoms with E-state index in [1.54, 1.807) is 61.7 Å². The first-order chi connectivity index (χ1) is 13.6. The van der Waals surface area contributed by atoms with Gasteiger partial charge in [0.05, 0.1) is 18.4 Å². The van der Waals surface area contributed by atoms with Crippen molar-refractivity contribution >= 4 is 29.1 Å².